The summed E-state index contributed by atoms with van der Waals surface area (Å²) in [6.07, 6.45) is 6.14. The minimum absolute atomic E-state index is 0.300. The van der Waals surface area contributed by atoms with E-state index >= 15 is 0 Å². The summed E-state index contributed by atoms with van der Waals surface area (Å²) in [6.45, 7) is 0.360. The summed E-state index contributed by atoms with van der Waals surface area (Å²) in [6, 6.07) is 0.450. The van der Waals surface area contributed by atoms with Crippen molar-refractivity contribution in [2.75, 3.05) is 11.9 Å². The van der Waals surface area contributed by atoms with E-state index in [1.807, 2.05) is 0 Å². The largest absolute Gasteiger partial charge is 0.368 e. The Hall–Kier alpha value is -1.70. The van der Waals surface area contributed by atoms with Crippen LogP contribution in [0.1, 0.15) is 12.8 Å². The molecule has 0 amide bonds. The average Bonchev–Trinajstić information content (AvgIpc) is 2.20. The number of hydrogen-bond acceptors (Lipinski definition) is 2. The molecule has 0 aliphatic carbocycles. The monoisotopic (exact) mass is 214 g/mol. The van der Waals surface area contributed by atoms with E-state index in [1.165, 1.54) is 0 Å². The number of nitrogens with one attached hydrogen (secondary N) is 1. The molecule has 0 aliphatic heterocycles. The number of halogens is 3. The summed E-state index contributed by atoms with van der Waals surface area (Å²) >= 11 is 0. The van der Waals surface area contributed by atoms with Crippen molar-refractivity contribution in [3.8, 4) is 12.3 Å². The van der Waals surface area contributed by atoms with Crippen molar-refractivity contribution < 1.29 is 13.2 Å². The highest BCUT2D eigenvalue weighted by Gasteiger charge is 2.10. The molecule has 0 aromatic carbocycles. The van der Waals surface area contributed by atoms with Crippen molar-refractivity contribution >= 4 is 5.82 Å². The molecule has 0 unspecified atom stereocenters. The number of unbranched alkanes of at least 4 members (excludes halogenated alkanes) is 1. The van der Waals surface area contributed by atoms with Crippen LogP contribution in [0.5, 0.6) is 0 Å². The minimum Gasteiger partial charge on any atom is -0.368 e. The fraction of sp³-hybridized carbons (Fsp3) is 0.300. The summed E-state index contributed by atoms with van der Waals surface area (Å²) in [5.74, 6) is -1.45. The topological polar surface area (TPSA) is 24.9 Å². The smallest absolute Gasteiger partial charge is 0.251 e. The third-order valence-electron chi connectivity index (χ3n) is 1.68. The Bertz CT molecular complexity index is 385. The lowest BCUT2D eigenvalue weighted by Crippen LogP contribution is -2.07. The van der Waals surface area contributed by atoms with E-state index in [0.717, 1.165) is 0 Å². The Balaban J connectivity index is 2.62. The fourth-order valence-electron chi connectivity index (χ4n) is 0.965. The quantitative estimate of drug-likeness (QED) is 0.472. The van der Waals surface area contributed by atoms with Crippen molar-refractivity contribution in [3.63, 3.8) is 0 Å². The van der Waals surface area contributed by atoms with E-state index in [4.69, 9.17) is 6.42 Å². The third-order valence-corrected chi connectivity index (χ3v) is 1.68. The van der Waals surface area contributed by atoms with Crippen LogP contribution in [0, 0.1) is 29.9 Å². The molecule has 1 heterocycles. The van der Waals surface area contributed by atoms with Gasteiger partial charge in [-0.25, -0.2) is 8.78 Å². The van der Waals surface area contributed by atoms with Gasteiger partial charge in [0.05, 0.1) is 0 Å². The van der Waals surface area contributed by atoms with E-state index in [9.17, 15) is 13.2 Å². The fourth-order valence-corrected chi connectivity index (χ4v) is 0.965. The van der Waals surface area contributed by atoms with Crippen LogP contribution in [-0.2, 0) is 0 Å². The normalized spacial score (nSPS) is 9.73. The van der Waals surface area contributed by atoms with E-state index < -0.39 is 17.6 Å². The zero-order valence-electron chi connectivity index (χ0n) is 7.86. The van der Waals surface area contributed by atoms with Crippen molar-refractivity contribution in [2.45, 2.75) is 12.8 Å². The lowest BCUT2D eigenvalue weighted by molar-refractivity contribution is 0.466. The van der Waals surface area contributed by atoms with Gasteiger partial charge in [-0.2, -0.15) is 9.37 Å². The number of aromatic nitrogens is 1. The highest BCUT2D eigenvalue weighted by molar-refractivity contribution is 5.35. The number of rotatable bonds is 4. The van der Waals surface area contributed by atoms with Crippen molar-refractivity contribution in [3.05, 3.63) is 23.6 Å². The molecule has 0 aliphatic rings. The first-order valence-electron chi connectivity index (χ1n) is 4.34. The van der Waals surface area contributed by atoms with Gasteiger partial charge < -0.3 is 5.32 Å². The molecular weight excluding hydrogens is 205 g/mol. The Morgan fingerprint density at radius 1 is 1.33 bits per heavy atom. The third kappa shape index (κ3) is 3.17. The Kier molecular flexibility index (Phi) is 3.98. The highest BCUT2D eigenvalue weighted by atomic mass is 19.2. The van der Waals surface area contributed by atoms with Gasteiger partial charge in [-0.05, 0) is 6.42 Å². The van der Waals surface area contributed by atoms with Crippen LogP contribution in [0.4, 0.5) is 19.0 Å². The highest BCUT2D eigenvalue weighted by Crippen LogP contribution is 2.14. The zero-order chi connectivity index (χ0) is 11.3. The van der Waals surface area contributed by atoms with Gasteiger partial charge in [0.1, 0.15) is 0 Å². The molecule has 1 N–H and O–H groups in total. The molecule has 80 valence electrons. The molecule has 15 heavy (non-hydrogen) atoms. The predicted octanol–water partition coefficient (Wildman–Crippen LogP) is 2.32. The summed E-state index contributed by atoms with van der Waals surface area (Å²) in [5, 5.41) is 2.53. The summed E-state index contributed by atoms with van der Waals surface area (Å²) in [5.41, 5.74) is 0. The maximum Gasteiger partial charge on any atom is 0.251 e. The molecular formula is C10H9F3N2. The molecule has 1 rings (SSSR count). The summed E-state index contributed by atoms with van der Waals surface area (Å²) < 4.78 is 38.0. The molecule has 0 saturated heterocycles. The number of nitrogens with zero attached hydrogens (tertiary/aromatic N) is 1. The molecule has 0 fully saturated rings. The maximum atomic E-state index is 13.0. The molecule has 0 radical (unpaired) electrons. The molecule has 0 atom stereocenters. The molecule has 5 heteroatoms. The van der Waals surface area contributed by atoms with Gasteiger partial charge in [-0.3, -0.25) is 0 Å². The molecule has 0 bridgehead atoms. The van der Waals surface area contributed by atoms with Crippen LogP contribution < -0.4 is 5.32 Å². The maximum absolute atomic E-state index is 13.0. The van der Waals surface area contributed by atoms with Gasteiger partial charge in [0, 0.05) is 19.0 Å². The summed E-state index contributed by atoms with van der Waals surface area (Å²) in [4.78, 5) is 3.09. The van der Waals surface area contributed by atoms with E-state index in [-0.39, 0.29) is 5.82 Å². The van der Waals surface area contributed by atoms with E-state index in [1.54, 1.807) is 0 Å². The van der Waals surface area contributed by atoms with Crippen LogP contribution >= 0.6 is 0 Å². The molecule has 2 nitrogen and oxygen atoms in total. The van der Waals surface area contributed by atoms with Crippen LogP contribution in [0.15, 0.2) is 6.07 Å². The van der Waals surface area contributed by atoms with Crippen LogP contribution in [0.25, 0.3) is 0 Å². The van der Waals surface area contributed by atoms with Gasteiger partial charge in [-0.1, -0.05) is 0 Å². The SMILES string of the molecule is C#CCCCNc1nc(F)c(F)cc1F. The number of anilines is 1. The first-order valence-corrected chi connectivity index (χ1v) is 4.34. The van der Waals surface area contributed by atoms with Crippen molar-refractivity contribution in [2.24, 2.45) is 0 Å². The average molecular weight is 214 g/mol. The van der Waals surface area contributed by atoms with Gasteiger partial charge in [0.15, 0.2) is 17.5 Å². The van der Waals surface area contributed by atoms with Gasteiger partial charge in [-0.15, -0.1) is 12.3 Å². The second-order valence-corrected chi connectivity index (χ2v) is 2.83. The second-order valence-electron chi connectivity index (χ2n) is 2.83. The second kappa shape index (κ2) is 5.25. The van der Waals surface area contributed by atoms with Gasteiger partial charge in [0.2, 0.25) is 0 Å². The van der Waals surface area contributed by atoms with E-state index in [0.29, 0.717) is 25.5 Å². The van der Waals surface area contributed by atoms with Crippen LogP contribution in [0.3, 0.4) is 0 Å². The van der Waals surface area contributed by atoms with Gasteiger partial charge in [0.25, 0.3) is 5.95 Å². The standard InChI is InChI=1S/C10H9F3N2/c1-2-3-4-5-14-10-8(12)6-7(11)9(13)15-10/h1,6H,3-5H2,(H,14,15). The summed E-state index contributed by atoms with van der Waals surface area (Å²) in [7, 11) is 0. The first-order chi connectivity index (χ1) is 7.15. The van der Waals surface area contributed by atoms with E-state index in [2.05, 4.69) is 16.2 Å². The molecule has 1 aromatic heterocycles. The first kappa shape index (κ1) is 11.4. The number of pyridine rings is 1. The lowest BCUT2D eigenvalue weighted by atomic mass is 10.3. The zero-order valence-corrected chi connectivity index (χ0v) is 7.86. The van der Waals surface area contributed by atoms with Crippen LogP contribution in [0.2, 0.25) is 0 Å². The predicted molar refractivity (Wildman–Crippen MR) is 50.7 cm³/mol. The Morgan fingerprint density at radius 2 is 2.07 bits per heavy atom. The van der Waals surface area contributed by atoms with Crippen molar-refractivity contribution in [1.82, 2.24) is 4.98 Å². The lowest BCUT2D eigenvalue weighted by Gasteiger charge is -2.05. The van der Waals surface area contributed by atoms with Gasteiger partial charge >= 0.3 is 0 Å². The molecule has 0 saturated carbocycles. The Morgan fingerprint density at radius 3 is 2.73 bits per heavy atom. The van der Waals surface area contributed by atoms with Crippen molar-refractivity contribution in [1.29, 1.82) is 0 Å². The Labute approximate surface area is 85.5 Å². The minimum atomic E-state index is -1.32. The number of hydrogen-bond donors (Lipinski definition) is 1. The molecule has 1 aromatic rings. The number of terminal acetylenes is 1. The molecule has 0 spiro atoms. The van der Waals surface area contributed by atoms with Crippen LogP contribution in [-0.4, -0.2) is 11.5 Å².